The third-order valence-electron chi connectivity index (χ3n) is 3.08. The van der Waals surface area contributed by atoms with Gasteiger partial charge in [-0.3, -0.25) is 4.79 Å². The number of hydrogen-bond donors (Lipinski definition) is 1. The molecule has 0 radical (unpaired) electrons. The van der Waals surface area contributed by atoms with Crippen molar-refractivity contribution in [3.8, 4) is 0 Å². The van der Waals surface area contributed by atoms with Crippen LogP contribution in [0.3, 0.4) is 0 Å². The minimum Gasteiger partial charge on any atom is -0.384 e. The summed E-state index contributed by atoms with van der Waals surface area (Å²) in [5.74, 6) is 0.341. The van der Waals surface area contributed by atoms with E-state index in [1.807, 2.05) is 4.90 Å². The first-order valence-corrected chi connectivity index (χ1v) is 6.69. The number of amides is 1. The molecule has 0 atom stereocenters. The van der Waals surface area contributed by atoms with Crippen LogP contribution in [0.5, 0.6) is 0 Å². The summed E-state index contributed by atoms with van der Waals surface area (Å²) in [5.41, 5.74) is 7.28. The number of carbonyl (C=O) groups excluding carboxylic acids is 1. The summed E-state index contributed by atoms with van der Waals surface area (Å²) in [6, 6.07) is 7.24. The largest absolute Gasteiger partial charge is 0.384 e. The number of nitrogens with two attached hydrogens (primary N) is 1. The highest BCUT2D eigenvalue weighted by molar-refractivity contribution is 7.10. The number of aromatic nitrogens is 1. The average molecular weight is 259 g/mol. The van der Waals surface area contributed by atoms with Gasteiger partial charge in [-0.25, -0.2) is 4.98 Å². The average Bonchev–Trinajstić information content (AvgIpc) is 2.85. The Labute approximate surface area is 109 Å². The van der Waals surface area contributed by atoms with Crippen molar-refractivity contribution in [1.82, 2.24) is 9.88 Å². The van der Waals surface area contributed by atoms with Gasteiger partial charge in [-0.1, -0.05) is 6.07 Å². The number of fused-ring (bicyclic) bond motifs is 1. The van der Waals surface area contributed by atoms with E-state index in [1.165, 1.54) is 10.4 Å². The van der Waals surface area contributed by atoms with E-state index < -0.39 is 0 Å². The standard InChI is InChI=1S/C13H13N3OS/c14-12-3-1-2-10(15-12)13(17)16-6-4-11-9(8-16)5-7-18-11/h1-3,5,7H,4,6,8H2,(H2,14,15). The summed E-state index contributed by atoms with van der Waals surface area (Å²) in [5, 5.41) is 2.08. The summed E-state index contributed by atoms with van der Waals surface area (Å²) in [6.45, 7) is 1.43. The molecule has 92 valence electrons. The lowest BCUT2D eigenvalue weighted by atomic mass is 10.1. The molecule has 0 unspecified atom stereocenters. The lowest BCUT2D eigenvalue weighted by Gasteiger charge is -2.26. The second-order valence-corrected chi connectivity index (χ2v) is 5.29. The molecule has 1 aliphatic rings. The fourth-order valence-electron chi connectivity index (χ4n) is 2.15. The Morgan fingerprint density at radius 2 is 2.28 bits per heavy atom. The molecule has 1 aliphatic heterocycles. The lowest BCUT2D eigenvalue weighted by molar-refractivity contribution is 0.0730. The smallest absolute Gasteiger partial charge is 0.272 e. The molecule has 5 heteroatoms. The zero-order valence-electron chi connectivity index (χ0n) is 9.80. The maximum atomic E-state index is 12.3. The molecule has 4 nitrogen and oxygen atoms in total. The molecule has 3 rings (SSSR count). The molecule has 0 fully saturated rings. The van der Waals surface area contributed by atoms with E-state index in [4.69, 9.17) is 5.73 Å². The Balaban J connectivity index is 1.83. The molecule has 0 bridgehead atoms. The van der Waals surface area contributed by atoms with Crippen molar-refractivity contribution in [2.45, 2.75) is 13.0 Å². The van der Waals surface area contributed by atoms with Crippen LogP contribution in [0.2, 0.25) is 0 Å². The van der Waals surface area contributed by atoms with E-state index in [9.17, 15) is 4.79 Å². The van der Waals surface area contributed by atoms with Gasteiger partial charge in [0.15, 0.2) is 0 Å². The summed E-state index contributed by atoms with van der Waals surface area (Å²) >= 11 is 1.76. The van der Waals surface area contributed by atoms with Crippen LogP contribution in [-0.4, -0.2) is 22.3 Å². The zero-order valence-corrected chi connectivity index (χ0v) is 10.6. The Morgan fingerprint density at radius 3 is 3.11 bits per heavy atom. The van der Waals surface area contributed by atoms with Crippen LogP contribution in [-0.2, 0) is 13.0 Å². The Morgan fingerprint density at radius 1 is 1.39 bits per heavy atom. The second-order valence-electron chi connectivity index (χ2n) is 4.29. The van der Waals surface area contributed by atoms with Gasteiger partial charge in [0, 0.05) is 18.0 Å². The van der Waals surface area contributed by atoms with Gasteiger partial charge in [0.1, 0.15) is 11.5 Å². The van der Waals surface area contributed by atoms with Crippen molar-refractivity contribution in [2.24, 2.45) is 0 Å². The predicted molar refractivity (Wildman–Crippen MR) is 71.4 cm³/mol. The molecule has 2 aromatic rings. The van der Waals surface area contributed by atoms with Crippen molar-refractivity contribution >= 4 is 23.1 Å². The molecule has 0 spiro atoms. The highest BCUT2D eigenvalue weighted by Gasteiger charge is 2.23. The molecule has 0 saturated carbocycles. The summed E-state index contributed by atoms with van der Waals surface area (Å²) in [4.78, 5) is 19.6. The number of rotatable bonds is 1. The maximum absolute atomic E-state index is 12.3. The Kier molecular flexibility index (Phi) is 2.76. The van der Waals surface area contributed by atoms with Gasteiger partial charge in [0.2, 0.25) is 0 Å². The van der Waals surface area contributed by atoms with Gasteiger partial charge in [-0.2, -0.15) is 0 Å². The third-order valence-corrected chi connectivity index (χ3v) is 4.11. The predicted octanol–water partition coefficient (Wildman–Crippen LogP) is 1.92. The maximum Gasteiger partial charge on any atom is 0.272 e. The quantitative estimate of drug-likeness (QED) is 0.851. The van der Waals surface area contributed by atoms with Gasteiger partial charge in [0.25, 0.3) is 5.91 Å². The number of pyridine rings is 1. The van der Waals surface area contributed by atoms with Gasteiger partial charge in [-0.15, -0.1) is 11.3 Å². The first kappa shape index (κ1) is 11.2. The number of hydrogen-bond acceptors (Lipinski definition) is 4. The lowest BCUT2D eigenvalue weighted by Crippen LogP contribution is -2.35. The van der Waals surface area contributed by atoms with Crippen molar-refractivity contribution in [2.75, 3.05) is 12.3 Å². The third kappa shape index (κ3) is 1.97. The van der Waals surface area contributed by atoms with E-state index in [1.54, 1.807) is 29.5 Å². The highest BCUT2D eigenvalue weighted by Crippen LogP contribution is 2.24. The molecule has 3 heterocycles. The van der Waals surface area contributed by atoms with Crippen LogP contribution >= 0.6 is 11.3 Å². The van der Waals surface area contributed by atoms with E-state index in [0.717, 1.165) is 13.0 Å². The second kappa shape index (κ2) is 4.42. The highest BCUT2D eigenvalue weighted by atomic mass is 32.1. The molecule has 1 amide bonds. The van der Waals surface area contributed by atoms with E-state index in [2.05, 4.69) is 16.4 Å². The van der Waals surface area contributed by atoms with Crippen molar-refractivity contribution in [3.05, 3.63) is 45.8 Å². The van der Waals surface area contributed by atoms with Gasteiger partial charge < -0.3 is 10.6 Å². The molecular formula is C13H13N3OS. The van der Waals surface area contributed by atoms with Crippen LogP contribution in [0.1, 0.15) is 20.9 Å². The molecule has 0 aromatic carbocycles. The molecule has 18 heavy (non-hydrogen) atoms. The Hall–Kier alpha value is -1.88. The van der Waals surface area contributed by atoms with Crippen LogP contribution in [0.4, 0.5) is 5.82 Å². The Bertz CT molecular complexity index is 593. The fraction of sp³-hybridized carbons (Fsp3) is 0.231. The number of carbonyl (C=O) groups is 1. The molecular weight excluding hydrogens is 246 g/mol. The molecule has 0 aliphatic carbocycles. The SMILES string of the molecule is Nc1cccc(C(=O)N2CCc3sccc3C2)n1. The molecule has 2 N–H and O–H groups in total. The van der Waals surface area contributed by atoms with Gasteiger partial charge in [0.05, 0.1) is 0 Å². The number of nitrogens with zero attached hydrogens (tertiary/aromatic N) is 2. The van der Waals surface area contributed by atoms with Crippen molar-refractivity contribution in [3.63, 3.8) is 0 Å². The van der Waals surface area contributed by atoms with Crippen LogP contribution in [0, 0.1) is 0 Å². The summed E-state index contributed by atoms with van der Waals surface area (Å²) in [7, 11) is 0. The van der Waals surface area contributed by atoms with Gasteiger partial charge >= 0.3 is 0 Å². The first-order valence-electron chi connectivity index (χ1n) is 5.81. The fourth-order valence-corrected chi connectivity index (χ4v) is 3.04. The minimum atomic E-state index is -0.0425. The normalized spacial score (nSPS) is 14.3. The molecule has 0 saturated heterocycles. The minimum absolute atomic E-state index is 0.0425. The van der Waals surface area contributed by atoms with E-state index in [0.29, 0.717) is 18.1 Å². The summed E-state index contributed by atoms with van der Waals surface area (Å²) in [6.07, 6.45) is 0.932. The van der Waals surface area contributed by atoms with Crippen LogP contribution < -0.4 is 5.73 Å². The van der Waals surface area contributed by atoms with E-state index >= 15 is 0 Å². The summed E-state index contributed by atoms with van der Waals surface area (Å²) < 4.78 is 0. The molecule has 2 aromatic heterocycles. The van der Waals surface area contributed by atoms with E-state index in [-0.39, 0.29) is 5.91 Å². The monoisotopic (exact) mass is 259 g/mol. The zero-order chi connectivity index (χ0) is 12.5. The number of thiophene rings is 1. The van der Waals surface area contributed by atoms with Gasteiger partial charge in [-0.05, 0) is 35.6 Å². The number of nitrogen functional groups attached to an aromatic ring is 1. The van der Waals surface area contributed by atoms with Crippen LogP contribution in [0.15, 0.2) is 29.6 Å². The van der Waals surface area contributed by atoms with Crippen molar-refractivity contribution < 1.29 is 4.79 Å². The topological polar surface area (TPSA) is 59.2 Å². The first-order chi connectivity index (χ1) is 8.74. The van der Waals surface area contributed by atoms with Crippen LogP contribution in [0.25, 0.3) is 0 Å². The van der Waals surface area contributed by atoms with Crippen molar-refractivity contribution in [1.29, 1.82) is 0 Å². The number of anilines is 1.